The Bertz CT molecular complexity index is 614. The van der Waals surface area contributed by atoms with Crippen molar-refractivity contribution in [2.45, 2.75) is 49.2 Å². The van der Waals surface area contributed by atoms with Gasteiger partial charge < -0.3 is 15.2 Å². The first-order chi connectivity index (χ1) is 10.1. The molecule has 4 rings (SSSR count). The molecule has 0 radical (unpaired) electrons. The molecule has 2 aliphatic carbocycles. The van der Waals surface area contributed by atoms with Gasteiger partial charge in [0.25, 0.3) is 0 Å². The first-order valence-corrected chi connectivity index (χ1v) is 7.74. The molecule has 1 aromatic rings. The van der Waals surface area contributed by atoms with Gasteiger partial charge in [0.15, 0.2) is 0 Å². The van der Waals surface area contributed by atoms with Gasteiger partial charge >= 0.3 is 0 Å². The molecule has 0 aromatic heterocycles. The molecule has 4 heteroatoms. The second-order valence-electron chi connectivity index (χ2n) is 6.71. The number of nitrogens with one attached hydrogen (secondary N) is 1. The van der Waals surface area contributed by atoms with Gasteiger partial charge in [-0.1, -0.05) is 6.07 Å². The van der Waals surface area contributed by atoms with Crippen LogP contribution in [0.25, 0.3) is 0 Å². The fraction of sp³-hybridized carbons (Fsp3) is 0.588. The van der Waals surface area contributed by atoms with Gasteiger partial charge in [-0.15, -0.1) is 0 Å². The third kappa shape index (κ3) is 1.60. The molecule has 1 aliphatic heterocycles. The number of benzene rings is 1. The summed E-state index contributed by atoms with van der Waals surface area (Å²) in [6, 6.07) is 6.16. The molecule has 112 valence electrons. The van der Waals surface area contributed by atoms with Gasteiger partial charge in [0.1, 0.15) is 11.5 Å². The van der Waals surface area contributed by atoms with Gasteiger partial charge in [-0.2, -0.15) is 0 Å². The number of fused-ring (bicyclic) bond motifs is 1. The smallest absolute Gasteiger partial charge is 0.134 e. The average Bonchev–Trinajstić information content (AvgIpc) is 2.47. The minimum Gasteiger partial charge on any atom is -0.497 e. The van der Waals surface area contributed by atoms with Crippen LogP contribution in [0.2, 0.25) is 0 Å². The number of hydrogen-bond donors (Lipinski definition) is 2. The molecule has 1 saturated heterocycles. The van der Waals surface area contributed by atoms with Gasteiger partial charge in [0.05, 0.1) is 12.7 Å². The van der Waals surface area contributed by atoms with Gasteiger partial charge in [0, 0.05) is 24.3 Å². The van der Waals surface area contributed by atoms with E-state index in [1.807, 2.05) is 12.1 Å². The van der Waals surface area contributed by atoms with Crippen LogP contribution in [0.5, 0.6) is 5.75 Å². The van der Waals surface area contributed by atoms with Crippen LogP contribution in [0.15, 0.2) is 18.2 Å². The Labute approximate surface area is 124 Å². The maximum atomic E-state index is 12.2. The second-order valence-corrected chi connectivity index (χ2v) is 6.71. The van der Waals surface area contributed by atoms with Crippen molar-refractivity contribution >= 4 is 5.78 Å². The maximum absolute atomic E-state index is 12.2. The van der Waals surface area contributed by atoms with Crippen LogP contribution in [0.1, 0.15) is 36.8 Å². The van der Waals surface area contributed by atoms with Crippen molar-refractivity contribution in [2.75, 3.05) is 13.7 Å². The van der Waals surface area contributed by atoms with Crippen LogP contribution in [0, 0.1) is 0 Å². The summed E-state index contributed by atoms with van der Waals surface area (Å²) >= 11 is 0. The molecule has 1 heterocycles. The maximum Gasteiger partial charge on any atom is 0.134 e. The summed E-state index contributed by atoms with van der Waals surface area (Å²) in [5.41, 5.74) is 1.14. The summed E-state index contributed by atoms with van der Waals surface area (Å²) in [5, 5.41) is 14.9. The highest BCUT2D eigenvalue weighted by molar-refractivity contribution is 5.82. The lowest BCUT2D eigenvalue weighted by Crippen LogP contribution is -2.72. The summed E-state index contributed by atoms with van der Waals surface area (Å²) in [6.45, 7) is 0.858. The van der Waals surface area contributed by atoms with Gasteiger partial charge in [-0.3, -0.25) is 4.79 Å². The van der Waals surface area contributed by atoms with E-state index in [2.05, 4.69) is 11.4 Å². The molecule has 0 amide bonds. The SMILES string of the molecule is COc1ccc2c(c1)C13CCN[C@H](C2)[C@]1(O)CCC(=O)C3. The normalized spacial score (nSPS) is 37.6. The molecular weight excluding hydrogens is 266 g/mol. The van der Waals surface area contributed by atoms with Crippen LogP contribution in [-0.4, -0.2) is 36.2 Å². The fourth-order valence-corrected chi connectivity index (χ4v) is 4.82. The number of piperidine rings is 1. The number of carbonyl (C=O) groups excluding carboxylic acids is 1. The van der Waals surface area contributed by atoms with E-state index in [4.69, 9.17) is 4.74 Å². The van der Waals surface area contributed by atoms with E-state index in [9.17, 15) is 9.90 Å². The molecule has 3 aliphatic rings. The Hall–Kier alpha value is -1.39. The Morgan fingerprint density at radius 2 is 2.24 bits per heavy atom. The molecular formula is C17H21NO3. The predicted molar refractivity (Wildman–Crippen MR) is 78.6 cm³/mol. The van der Waals surface area contributed by atoms with E-state index in [1.165, 1.54) is 5.56 Å². The largest absolute Gasteiger partial charge is 0.497 e. The summed E-state index contributed by atoms with van der Waals surface area (Å²) in [4.78, 5) is 12.2. The van der Waals surface area contributed by atoms with Crippen LogP contribution < -0.4 is 10.1 Å². The van der Waals surface area contributed by atoms with E-state index >= 15 is 0 Å². The van der Waals surface area contributed by atoms with E-state index in [0.29, 0.717) is 19.3 Å². The van der Waals surface area contributed by atoms with Gasteiger partial charge in [-0.05, 0) is 49.1 Å². The molecule has 3 atom stereocenters. The van der Waals surface area contributed by atoms with Crippen LogP contribution >= 0.6 is 0 Å². The van der Waals surface area contributed by atoms with Crippen LogP contribution in [0.3, 0.4) is 0 Å². The molecule has 0 spiro atoms. The van der Waals surface area contributed by atoms with Gasteiger partial charge in [0.2, 0.25) is 0 Å². The first kappa shape index (κ1) is 13.3. The number of rotatable bonds is 1. The third-order valence-electron chi connectivity index (χ3n) is 5.89. The minimum atomic E-state index is -0.807. The monoisotopic (exact) mass is 287 g/mol. The topological polar surface area (TPSA) is 58.6 Å². The Kier molecular flexibility index (Phi) is 2.72. The lowest BCUT2D eigenvalue weighted by Gasteiger charge is -2.60. The highest BCUT2D eigenvalue weighted by Crippen LogP contribution is 2.55. The summed E-state index contributed by atoms with van der Waals surface area (Å²) in [6.07, 6.45) is 3.16. The molecule has 21 heavy (non-hydrogen) atoms. The summed E-state index contributed by atoms with van der Waals surface area (Å²) < 4.78 is 5.37. The predicted octanol–water partition coefficient (Wildman–Crippen LogP) is 1.34. The second kappa shape index (κ2) is 4.31. The summed E-state index contributed by atoms with van der Waals surface area (Å²) in [5.74, 6) is 1.08. The third-order valence-corrected chi connectivity index (χ3v) is 5.89. The zero-order chi connectivity index (χ0) is 14.7. The lowest BCUT2D eigenvalue weighted by atomic mass is 9.50. The number of methoxy groups -OCH3 is 1. The first-order valence-electron chi connectivity index (χ1n) is 7.74. The van der Waals surface area contributed by atoms with Crippen molar-refractivity contribution in [3.8, 4) is 5.75 Å². The highest BCUT2D eigenvalue weighted by atomic mass is 16.5. The van der Waals surface area contributed by atoms with Crippen molar-refractivity contribution in [1.29, 1.82) is 0 Å². The molecule has 1 aromatic carbocycles. The number of hydrogen-bond acceptors (Lipinski definition) is 4. The minimum absolute atomic E-state index is 0.0558. The summed E-state index contributed by atoms with van der Waals surface area (Å²) in [7, 11) is 1.66. The van der Waals surface area contributed by atoms with Crippen molar-refractivity contribution in [1.82, 2.24) is 5.32 Å². The highest BCUT2D eigenvalue weighted by Gasteiger charge is 2.62. The van der Waals surface area contributed by atoms with Gasteiger partial charge in [-0.25, -0.2) is 0 Å². The van der Waals surface area contributed by atoms with Crippen molar-refractivity contribution in [3.05, 3.63) is 29.3 Å². The standard InChI is InChI=1S/C17H21NO3/c1-21-13-3-2-11-8-15-17(20)5-4-12(19)10-16(17,6-7-18-15)14(11)9-13/h2-3,9,15,18,20H,4-8,10H2,1H3/t15-,16?,17-/m1/s1. The zero-order valence-electron chi connectivity index (χ0n) is 12.3. The quantitative estimate of drug-likeness (QED) is 0.818. The zero-order valence-corrected chi connectivity index (χ0v) is 12.3. The van der Waals surface area contributed by atoms with Crippen LogP contribution in [-0.2, 0) is 16.6 Å². The number of aliphatic hydroxyl groups is 1. The van der Waals surface area contributed by atoms with Crippen molar-refractivity contribution in [2.24, 2.45) is 0 Å². The molecule has 1 unspecified atom stereocenters. The fourth-order valence-electron chi connectivity index (χ4n) is 4.82. The Morgan fingerprint density at radius 1 is 1.38 bits per heavy atom. The Morgan fingerprint density at radius 3 is 3.05 bits per heavy atom. The molecule has 2 N–H and O–H groups in total. The Balaban J connectivity index is 1.95. The van der Waals surface area contributed by atoms with Crippen molar-refractivity contribution in [3.63, 3.8) is 0 Å². The average molecular weight is 287 g/mol. The lowest BCUT2D eigenvalue weighted by molar-refractivity contribution is -0.149. The molecule has 1 saturated carbocycles. The number of ketones is 1. The number of ether oxygens (including phenoxy) is 1. The van der Waals surface area contributed by atoms with Crippen LogP contribution in [0.4, 0.5) is 0 Å². The molecule has 2 bridgehead atoms. The van der Waals surface area contributed by atoms with E-state index < -0.39 is 11.0 Å². The number of Topliss-reactive ketones (excluding diaryl/α,β-unsaturated/α-hetero) is 1. The van der Waals surface area contributed by atoms with E-state index in [0.717, 1.165) is 30.7 Å². The molecule has 2 fully saturated rings. The number of carbonyl (C=O) groups is 1. The van der Waals surface area contributed by atoms with E-state index in [-0.39, 0.29) is 11.8 Å². The van der Waals surface area contributed by atoms with Crippen molar-refractivity contribution < 1.29 is 14.6 Å². The molecule has 4 nitrogen and oxygen atoms in total. The van der Waals surface area contributed by atoms with E-state index in [1.54, 1.807) is 7.11 Å².